The molecule has 4 heteroatoms. The van der Waals surface area contributed by atoms with Crippen LogP contribution in [0.4, 0.5) is 5.82 Å². The van der Waals surface area contributed by atoms with E-state index in [-0.39, 0.29) is 0 Å². The molecule has 0 atom stereocenters. The minimum Gasteiger partial charge on any atom is -0.350 e. The molecule has 0 fully saturated rings. The molecule has 2 aromatic heterocycles. The molecule has 0 radical (unpaired) electrons. The monoisotopic (exact) mass is 266 g/mol. The number of anilines is 1. The van der Waals surface area contributed by atoms with E-state index >= 15 is 0 Å². The van der Waals surface area contributed by atoms with Crippen LogP contribution in [0.3, 0.4) is 0 Å². The highest BCUT2D eigenvalue weighted by Crippen LogP contribution is 2.19. The molecule has 2 heterocycles. The first-order valence-electron chi connectivity index (χ1n) is 6.69. The van der Waals surface area contributed by atoms with Crippen LogP contribution in [0, 0.1) is 25.2 Å². The van der Waals surface area contributed by atoms with Crippen molar-refractivity contribution in [1.29, 1.82) is 5.26 Å². The van der Waals surface area contributed by atoms with Crippen molar-refractivity contribution < 1.29 is 0 Å². The molecule has 0 aliphatic heterocycles. The Kier molecular flexibility index (Phi) is 4.31. The first-order chi connectivity index (χ1) is 9.63. The highest BCUT2D eigenvalue weighted by molar-refractivity contribution is 5.54. The average Bonchev–Trinajstić information content (AvgIpc) is 2.45. The Morgan fingerprint density at radius 3 is 2.50 bits per heavy atom. The van der Waals surface area contributed by atoms with E-state index in [0.29, 0.717) is 12.1 Å². The molecule has 0 bridgehead atoms. The van der Waals surface area contributed by atoms with Crippen LogP contribution >= 0.6 is 0 Å². The second kappa shape index (κ2) is 6.16. The van der Waals surface area contributed by atoms with Crippen molar-refractivity contribution in [3.63, 3.8) is 0 Å². The Bertz CT molecular complexity index is 643. The largest absolute Gasteiger partial charge is 0.350 e. The van der Waals surface area contributed by atoms with E-state index in [1.165, 1.54) is 0 Å². The molecular formula is C16H18N4. The summed E-state index contributed by atoms with van der Waals surface area (Å²) in [6, 6.07) is 11.9. The second-order valence-corrected chi connectivity index (χ2v) is 4.72. The van der Waals surface area contributed by atoms with Gasteiger partial charge in [-0.1, -0.05) is 6.07 Å². The number of hydrogen-bond donors (Lipinski definition) is 0. The van der Waals surface area contributed by atoms with Crippen LogP contribution in [0.15, 0.2) is 30.3 Å². The molecule has 102 valence electrons. The summed E-state index contributed by atoms with van der Waals surface area (Å²) in [5.41, 5.74) is 3.50. The molecule has 2 rings (SSSR count). The van der Waals surface area contributed by atoms with Crippen molar-refractivity contribution in [1.82, 2.24) is 9.97 Å². The maximum absolute atomic E-state index is 9.23. The molecule has 20 heavy (non-hydrogen) atoms. The second-order valence-electron chi connectivity index (χ2n) is 4.72. The van der Waals surface area contributed by atoms with Gasteiger partial charge in [0, 0.05) is 17.9 Å². The van der Waals surface area contributed by atoms with E-state index in [2.05, 4.69) is 27.9 Å². The number of pyridine rings is 2. The number of aryl methyl sites for hydroxylation is 2. The lowest BCUT2D eigenvalue weighted by molar-refractivity contribution is 0.786. The lowest BCUT2D eigenvalue weighted by Crippen LogP contribution is -2.25. The molecule has 0 unspecified atom stereocenters. The van der Waals surface area contributed by atoms with Crippen LogP contribution in [0.25, 0.3) is 0 Å². The molecule has 0 aromatic carbocycles. The van der Waals surface area contributed by atoms with Crippen LogP contribution in [0.2, 0.25) is 0 Å². The minimum atomic E-state index is 0.602. The van der Waals surface area contributed by atoms with Crippen molar-refractivity contribution in [3.8, 4) is 6.07 Å². The van der Waals surface area contributed by atoms with Gasteiger partial charge in [0.2, 0.25) is 0 Å². The van der Waals surface area contributed by atoms with Crippen molar-refractivity contribution in [2.45, 2.75) is 27.3 Å². The summed E-state index contributed by atoms with van der Waals surface area (Å²) in [6.45, 7) is 7.40. The van der Waals surface area contributed by atoms with Gasteiger partial charge in [-0.3, -0.25) is 4.98 Å². The van der Waals surface area contributed by atoms with Gasteiger partial charge in [0.15, 0.2) is 0 Å². The lowest BCUT2D eigenvalue weighted by Gasteiger charge is -2.23. The Hall–Kier alpha value is -2.41. The van der Waals surface area contributed by atoms with Crippen LogP contribution in [-0.2, 0) is 6.54 Å². The van der Waals surface area contributed by atoms with Gasteiger partial charge in [-0.25, -0.2) is 4.98 Å². The number of rotatable bonds is 4. The number of hydrogen-bond acceptors (Lipinski definition) is 4. The smallest absolute Gasteiger partial charge is 0.147 e. The minimum absolute atomic E-state index is 0.602. The van der Waals surface area contributed by atoms with Gasteiger partial charge in [-0.15, -0.1) is 0 Å². The SMILES string of the molecule is CCN(Cc1cccc(C)n1)c1nc(C)ccc1C#N. The van der Waals surface area contributed by atoms with Gasteiger partial charge >= 0.3 is 0 Å². The third-order valence-electron chi connectivity index (χ3n) is 3.11. The van der Waals surface area contributed by atoms with Crippen LogP contribution < -0.4 is 4.90 Å². The van der Waals surface area contributed by atoms with Crippen molar-refractivity contribution in [2.24, 2.45) is 0 Å². The van der Waals surface area contributed by atoms with Gasteiger partial charge in [0.05, 0.1) is 17.8 Å². The molecular weight excluding hydrogens is 248 g/mol. The normalized spacial score (nSPS) is 10.1. The van der Waals surface area contributed by atoms with Crippen molar-refractivity contribution in [2.75, 3.05) is 11.4 Å². The molecule has 0 aliphatic rings. The van der Waals surface area contributed by atoms with E-state index in [0.717, 1.165) is 29.4 Å². The number of nitriles is 1. The summed E-state index contributed by atoms with van der Waals surface area (Å²) in [5.74, 6) is 0.735. The molecule has 2 aromatic rings. The Labute approximate surface area is 119 Å². The van der Waals surface area contributed by atoms with Crippen molar-refractivity contribution >= 4 is 5.82 Å². The maximum Gasteiger partial charge on any atom is 0.147 e. The highest BCUT2D eigenvalue weighted by atomic mass is 15.2. The van der Waals surface area contributed by atoms with E-state index in [1.807, 2.05) is 44.2 Å². The third kappa shape index (κ3) is 3.12. The van der Waals surface area contributed by atoms with E-state index in [9.17, 15) is 5.26 Å². The molecule has 0 spiro atoms. The Morgan fingerprint density at radius 2 is 1.85 bits per heavy atom. The standard InChI is InChI=1S/C16H18N4/c1-4-20(11-15-7-5-6-12(2)18-15)16-14(10-17)9-8-13(3)19-16/h5-9H,4,11H2,1-3H3. The van der Waals surface area contributed by atoms with Gasteiger partial charge in [0.1, 0.15) is 11.9 Å². The fraction of sp³-hybridized carbons (Fsp3) is 0.312. The number of aromatic nitrogens is 2. The van der Waals surface area contributed by atoms with Gasteiger partial charge < -0.3 is 4.90 Å². The van der Waals surface area contributed by atoms with Gasteiger partial charge in [-0.2, -0.15) is 5.26 Å². The highest BCUT2D eigenvalue weighted by Gasteiger charge is 2.13. The summed E-state index contributed by atoms with van der Waals surface area (Å²) < 4.78 is 0. The zero-order chi connectivity index (χ0) is 14.5. The summed E-state index contributed by atoms with van der Waals surface area (Å²) in [5, 5.41) is 9.23. The predicted molar refractivity (Wildman–Crippen MR) is 79.4 cm³/mol. The van der Waals surface area contributed by atoms with Gasteiger partial charge in [-0.05, 0) is 45.0 Å². The predicted octanol–water partition coefficient (Wildman–Crippen LogP) is 2.99. The number of nitrogens with zero attached hydrogens (tertiary/aromatic N) is 4. The average molecular weight is 266 g/mol. The molecule has 0 saturated heterocycles. The molecule has 0 aliphatic carbocycles. The van der Waals surface area contributed by atoms with Crippen molar-refractivity contribution in [3.05, 3.63) is 53.0 Å². The summed E-state index contributed by atoms with van der Waals surface area (Å²) in [7, 11) is 0. The Balaban J connectivity index is 2.33. The zero-order valence-corrected chi connectivity index (χ0v) is 12.1. The lowest BCUT2D eigenvalue weighted by atomic mass is 10.2. The summed E-state index contributed by atoms with van der Waals surface area (Å²) >= 11 is 0. The summed E-state index contributed by atoms with van der Waals surface area (Å²) in [6.07, 6.45) is 0. The van der Waals surface area contributed by atoms with Crippen LogP contribution in [0.1, 0.15) is 29.6 Å². The molecule has 0 N–H and O–H groups in total. The Morgan fingerprint density at radius 1 is 1.10 bits per heavy atom. The molecule has 0 saturated carbocycles. The third-order valence-corrected chi connectivity index (χ3v) is 3.11. The van der Waals surface area contributed by atoms with E-state index in [4.69, 9.17) is 0 Å². The van der Waals surface area contributed by atoms with E-state index < -0.39 is 0 Å². The quantitative estimate of drug-likeness (QED) is 0.853. The fourth-order valence-corrected chi connectivity index (χ4v) is 2.09. The molecule has 4 nitrogen and oxygen atoms in total. The van der Waals surface area contributed by atoms with Gasteiger partial charge in [0.25, 0.3) is 0 Å². The summed E-state index contributed by atoms with van der Waals surface area (Å²) in [4.78, 5) is 11.1. The first-order valence-corrected chi connectivity index (χ1v) is 6.69. The van der Waals surface area contributed by atoms with E-state index in [1.54, 1.807) is 0 Å². The molecule has 0 amide bonds. The maximum atomic E-state index is 9.23. The zero-order valence-electron chi connectivity index (χ0n) is 12.1. The first kappa shape index (κ1) is 14.0. The van der Waals surface area contributed by atoms with Crippen LogP contribution in [0.5, 0.6) is 0 Å². The topological polar surface area (TPSA) is 52.8 Å². The fourth-order valence-electron chi connectivity index (χ4n) is 2.09. The van der Waals surface area contributed by atoms with Crippen LogP contribution in [-0.4, -0.2) is 16.5 Å².